The van der Waals surface area contributed by atoms with Crippen molar-refractivity contribution in [3.8, 4) is 0 Å². The van der Waals surface area contributed by atoms with E-state index in [4.69, 9.17) is 15.1 Å². The number of halogens is 1. The first-order valence-electron chi connectivity index (χ1n) is 5.27. The molecule has 0 aromatic carbocycles. The van der Waals surface area contributed by atoms with Crippen molar-refractivity contribution in [2.75, 3.05) is 12.0 Å². The molecule has 9 heteroatoms. The Morgan fingerprint density at radius 2 is 2.16 bits per heavy atom. The Kier molecular flexibility index (Phi) is 5.17. The summed E-state index contributed by atoms with van der Waals surface area (Å²) in [6.45, 7) is 3.09. The van der Waals surface area contributed by atoms with E-state index in [1.807, 2.05) is 0 Å². The predicted molar refractivity (Wildman–Crippen MR) is 72.3 cm³/mol. The average molecular weight is 328 g/mol. The molecule has 1 amide bonds. The zero-order valence-electron chi connectivity index (χ0n) is 10.6. The minimum Gasteiger partial charge on any atom is -0.455 e. The number of amides is 1. The van der Waals surface area contributed by atoms with E-state index >= 15 is 0 Å². The first-order valence-corrected chi connectivity index (χ1v) is 9.31. The maximum absolute atomic E-state index is 11.8. The van der Waals surface area contributed by atoms with Crippen molar-refractivity contribution in [1.29, 1.82) is 0 Å². The third-order valence-corrected chi connectivity index (χ3v) is 4.62. The fraction of sp³-hybridized carbons (Fsp3) is 0.500. The van der Waals surface area contributed by atoms with Crippen molar-refractivity contribution in [2.45, 2.75) is 24.8 Å². The first kappa shape index (κ1) is 16.2. The van der Waals surface area contributed by atoms with E-state index in [1.165, 1.54) is 13.2 Å². The van der Waals surface area contributed by atoms with Crippen molar-refractivity contribution >= 4 is 36.4 Å². The smallest absolute Gasteiger partial charge is 0.287 e. The van der Waals surface area contributed by atoms with E-state index in [1.54, 1.807) is 6.92 Å². The number of carbonyl (C=O) groups excluding carboxylic acids is 1. The highest BCUT2D eigenvalue weighted by Gasteiger charge is 2.22. The summed E-state index contributed by atoms with van der Waals surface area (Å²) in [6, 6.07) is 0.752. The van der Waals surface area contributed by atoms with Gasteiger partial charge in [0.05, 0.1) is 0 Å². The molecule has 0 radical (unpaired) electrons. The molecule has 2 atom stereocenters. The fourth-order valence-electron chi connectivity index (χ4n) is 1.51. The minimum absolute atomic E-state index is 0.0480. The lowest BCUT2D eigenvalue weighted by Gasteiger charge is -2.10. The average Bonchev–Trinajstić information content (AvgIpc) is 2.58. The summed E-state index contributed by atoms with van der Waals surface area (Å²) in [5.41, 5.74) is 0. The molecule has 1 N–H and O–H groups in total. The van der Waals surface area contributed by atoms with Crippen molar-refractivity contribution in [2.24, 2.45) is 0 Å². The quantitative estimate of drug-likeness (QED) is 0.815. The van der Waals surface area contributed by atoms with Gasteiger partial charge in [0.15, 0.2) is 5.76 Å². The van der Waals surface area contributed by atoms with Crippen LogP contribution in [0.1, 0.15) is 23.2 Å². The standard InChI is InChI=1S/C10H14ClNO5S2/c1-6(5-18(3)14)12-10(13)8-4-9(7(2)17-8)19(11,15)16/h4,6H,5H2,1-3H3,(H,12,13). The van der Waals surface area contributed by atoms with Gasteiger partial charge in [-0.2, -0.15) is 0 Å². The van der Waals surface area contributed by atoms with Crippen molar-refractivity contribution in [3.63, 3.8) is 0 Å². The molecule has 0 aliphatic rings. The van der Waals surface area contributed by atoms with Crippen LogP contribution in [-0.4, -0.2) is 36.6 Å². The maximum Gasteiger partial charge on any atom is 0.287 e. The number of furan rings is 1. The van der Waals surface area contributed by atoms with Crippen LogP contribution in [0.25, 0.3) is 0 Å². The normalized spacial score (nSPS) is 14.9. The Labute approximate surface area is 118 Å². The van der Waals surface area contributed by atoms with Crippen LogP contribution < -0.4 is 5.32 Å². The van der Waals surface area contributed by atoms with Crippen LogP contribution in [0.5, 0.6) is 0 Å². The number of nitrogens with one attached hydrogen (secondary N) is 1. The van der Waals surface area contributed by atoms with Gasteiger partial charge in [0, 0.05) is 45.6 Å². The SMILES string of the molecule is Cc1oc(C(=O)NC(C)CS(C)=O)cc1S(=O)(=O)Cl. The third kappa shape index (κ3) is 4.63. The van der Waals surface area contributed by atoms with E-state index in [0.29, 0.717) is 5.75 Å². The van der Waals surface area contributed by atoms with Gasteiger partial charge < -0.3 is 9.73 Å². The van der Waals surface area contributed by atoms with Crippen LogP contribution in [0.15, 0.2) is 15.4 Å². The molecule has 108 valence electrons. The zero-order chi connectivity index (χ0) is 14.8. The molecule has 0 fully saturated rings. The van der Waals surface area contributed by atoms with Crippen molar-refractivity contribution in [3.05, 3.63) is 17.6 Å². The largest absolute Gasteiger partial charge is 0.455 e. The lowest BCUT2D eigenvalue weighted by molar-refractivity contribution is 0.0914. The number of hydrogen-bond donors (Lipinski definition) is 1. The second-order valence-corrected chi connectivity index (χ2v) is 8.10. The molecule has 0 aliphatic carbocycles. The lowest BCUT2D eigenvalue weighted by atomic mass is 10.3. The van der Waals surface area contributed by atoms with E-state index in [-0.39, 0.29) is 22.5 Å². The number of carbonyl (C=O) groups is 1. The van der Waals surface area contributed by atoms with Crippen LogP contribution in [0.2, 0.25) is 0 Å². The molecule has 1 heterocycles. The molecule has 1 aromatic rings. The van der Waals surface area contributed by atoms with Gasteiger partial charge in [0.25, 0.3) is 15.0 Å². The first-order chi connectivity index (χ1) is 8.61. The summed E-state index contributed by atoms with van der Waals surface area (Å²) in [4.78, 5) is 11.6. The molecular weight excluding hydrogens is 314 g/mol. The predicted octanol–water partition coefficient (Wildman–Crippen LogP) is 1.01. The molecule has 19 heavy (non-hydrogen) atoms. The fourth-order valence-corrected chi connectivity index (χ4v) is 3.39. The minimum atomic E-state index is -3.94. The maximum atomic E-state index is 11.8. The highest BCUT2D eigenvalue weighted by molar-refractivity contribution is 8.13. The molecule has 6 nitrogen and oxygen atoms in total. The molecule has 0 saturated heterocycles. The molecule has 0 spiro atoms. The van der Waals surface area contributed by atoms with Crippen LogP contribution in [-0.2, 0) is 19.9 Å². The van der Waals surface area contributed by atoms with Gasteiger partial charge in [-0.05, 0) is 13.8 Å². The van der Waals surface area contributed by atoms with Gasteiger partial charge in [-0.3, -0.25) is 9.00 Å². The Hall–Kier alpha value is -0.860. The van der Waals surface area contributed by atoms with Gasteiger partial charge in [-0.25, -0.2) is 8.42 Å². The highest BCUT2D eigenvalue weighted by atomic mass is 35.7. The van der Waals surface area contributed by atoms with E-state index in [9.17, 15) is 17.4 Å². The summed E-state index contributed by atoms with van der Waals surface area (Å²) < 4.78 is 38.4. The lowest BCUT2D eigenvalue weighted by Crippen LogP contribution is -2.36. The molecule has 0 saturated carbocycles. The molecule has 0 bridgehead atoms. The van der Waals surface area contributed by atoms with Gasteiger partial charge in [0.2, 0.25) is 0 Å². The Morgan fingerprint density at radius 1 is 1.58 bits per heavy atom. The van der Waals surface area contributed by atoms with Gasteiger partial charge in [-0.15, -0.1) is 0 Å². The Balaban J connectivity index is 2.88. The molecule has 1 aromatic heterocycles. The van der Waals surface area contributed by atoms with Gasteiger partial charge >= 0.3 is 0 Å². The van der Waals surface area contributed by atoms with Crippen molar-refractivity contribution in [1.82, 2.24) is 5.32 Å². The van der Waals surface area contributed by atoms with E-state index in [0.717, 1.165) is 6.07 Å². The van der Waals surface area contributed by atoms with Crippen LogP contribution in [0.4, 0.5) is 0 Å². The molecule has 0 aliphatic heterocycles. The monoisotopic (exact) mass is 327 g/mol. The second-order valence-electron chi connectivity index (χ2n) is 4.08. The number of aryl methyl sites for hydroxylation is 1. The zero-order valence-corrected chi connectivity index (χ0v) is 13.0. The Morgan fingerprint density at radius 3 is 2.58 bits per heavy atom. The Bertz CT molecular complexity index is 607. The summed E-state index contributed by atoms with van der Waals surface area (Å²) in [5, 5.41) is 2.56. The summed E-state index contributed by atoms with van der Waals surface area (Å²) in [5.74, 6) is -0.378. The van der Waals surface area contributed by atoms with Gasteiger partial charge in [-0.1, -0.05) is 0 Å². The topological polar surface area (TPSA) is 93.4 Å². The molecule has 1 rings (SSSR count). The number of rotatable bonds is 5. The summed E-state index contributed by atoms with van der Waals surface area (Å²) in [7, 11) is 0.209. The van der Waals surface area contributed by atoms with Crippen LogP contribution >= 0.6 is 10.7 Å². The van der Waals surface area contributed by atoms with Crippen LogP contribution in [0, 0.1) is 6.92 Å². The van der Waals surface area contributed by atoms with Crippen molar-refractivity contribution < 1.29 is 21.8 Å². The van der Waals surface area contributed by atoms with E-state index in [2.05, 4.69) is 5.32 Å². The molecule has 2 unspecified atom stereocenters. The summed E-state index contributed by atoms with van der Waals surface area (Å²) in [6.07, 6.45) is 1.53. The summed E-state index contributed by atoms with van der Waals surface area (Å²) >= 11 is 0. The van der Waals surface area contributed by atoms with Gasteiger partial charge in [0.1, 0.15) is 10.7 Å². The third-order valence-electron chi connectivity index (χ3n) is 2.22. The molecular formula is C10H14ClNO5S2. The number of hydrogen-bond acceptors (Lipinski definition) is 5. The second kappa shape index (κ2) is 6.06. The van der Waals surface area contributed by atoms with Crippen LogP contribution in [0.3, 0.4) is 0 Å². The highest BCUT2D eigenvalue weighted by Crippen LogP contribution is 2.23. The van der Waals surface area contributed by atoms with E-state index < -0.39 is 25.8 Å².